The molecule has 1 aromatic carbocycles. The average Bonchev–Trinajstić information content (AvgIpc) is 2.34. The standard InChI is InChI=1S/C13H18ClN3O2/c1-10-8-15(2)5-6-16(10)9-11-7-12(17(18)19)3-4-13(11)14/h3-4,7,10H,5-6,8-9H2,1-2H3. The number of non-ortho nitro benzene ring substituents is 1. The molecular formula is C13H18ClN3O2. The van der Waals surface area contributed by atoms with E-state index in [1.165, 1.54) is 6.07 Å². The molecule has 0 spiro atoms. The summed E-state index contributed by atoms with van der Waals surface area (Å²) in [5.41, 5.74) is 0.924. The van der Waals surface area contributed by atoms with E-state index in [0.29, 0.717) is 17.6 Å². The number of nitro benzene ring substituents is 1. The van der Waals surface area contributed by atoms with E-state index in [1.807, 2.05) is 0 Å². The Hall–Kier alpha value is -1.17. The van der Waals surface area contributed by atoms with Gasteiger partial charge in [-0.1, -0.05) is 11.6 Å². The summed E-state index contributed by atoms with van der Waals surface area (Å²) in [5.74, 6) is 0. The number of benzene rings is 1. The molecule has 0 aromatic heterocycles. The van der Waals surface area contributed by atoms with Gasteiger partial charge in [0.25, 0.3) is 5.69 Å². The fourth-order valence-corrected chi connectivity index (χ4v) is 2.60. The zero-order chi connectivity index (χ0) is 14.0. The summed E-state index contributed by atoms with van der Waals surface area (Å²) in [7, 11) is 2.11. The second kappa shape index (κ2) is 5.86. The van der Waals surface area contributed by atoms with Crippen LogP contribution in [-0.2, 0) is 6.54 Å². The molecule has 1 aliphatic heterocycles. The summed E-state index contributed by atoms with van der Waals surface area (Å²) in [5, 5.41) is 11.4. The van der Waals surface area contributed by atoms with Crippen molar-refractivity contribution in [1.29, 1.82) is 0 Å². The van der Waals surface area contributed by atoms with Gasteiger partial charge in [-0.15, -0.1) is 0 Å². The van der Waals surface area contributed by atoms with Gasteiger partial charge in [-0.2, -0.15) is 0 Å². The average molecular weight is 284 g/mol. The summed E-state index contributed by atoms with van der Waals surface area (Å²) in [6.07, 6.45) is 0. The first-order valence-electron chi connectivity index (χ1n) is 6.33. The molecule has 0 aliphatic carbocycles. The third-order valence-electron chi connectivity index (χ3n) is 3.58. The van der Waals surface area contributed by atoms with E-state index in [2.05, 4.69) is 23.8 Å². The Kier molecular flexibility index (Phi) is 4.39. The van der Waals surface area contributed by atoms with Crippen LogP contribution in [-0.4, -0.2) is 47.4 Å². The van der Waals surface area contributed by atoms with Gasteiger partial charge in [0, 0.05) is 49.4 Å². The summed E-state index contributed by atoms with van der Waals surface area (Å²) in [4.78, 5) is 15.0. The Labute approximate surface area is 117 Å². The molecule has 1 aliphatic rings. The highest BCUT2D eigenvalue weighted by atomic mass is 35.5. The molecule has 0 saturated carbocycles. The maximum absolute atomic E-state index is 10.8. The van der Waals surface area contributed by atoms with E-state index < -0.39 is 0 Å². The molecule has 0 N–H and O–H groups in total. The highest BCUT2D eigenvalue weighted by Gasteiger charge is 2.22. The van der Waals surface area contributed by atoms with E-state index in [4.69, 9.17) is 11.6 Å². The van der Waals surface area contributed by atoms with Gasteiger partial charge in [0.2, 0.25) is 0 Å². The summed E-state index contributed by atoms with van der Waals surface area (Å²) in [6.45, 7) is 5.80. The van der Waals surface area contributed by atoms with Crippen molar-refractivity contribution in [2.24, 2.45) is 0 Å². The minimum absolute atomic E-state index is 0.0983. The fraction of sp³-hybridized carbons (Fsp3) is 0.538. The molecule has 0 amide bonds. The fourth-order valence-electron chi connectivity index (χ4n) is 2.43. The molecule has 0 bridgehead atoms. The van der Waals surface area contributed by atoms with Crippen molar-refractivity contribution in [3.05, 3.63) is 38.9 Å². The van der Waals surface area contributed by atoms with Gasteiger partial charge in [-0.05, 0) is 25.6 Å². The van der Waals surface area contributed by atoms with Crippen molar-refractivity contribution in [3.8, 4) is 0 Å². The number of hydrogen-bond acceptors (Lipinski definition) is 4. The molecule has 1 unspecified atom stereocenters. The lowest BCUT2D eigenvalue weighted by molar-refractivity contribution is -0.384. The van der Waals surface area contributed by atoms with Crippen LogP contribution in [0.4, 0.5) is 5.69 Å². The molecule has 1 aromatic rings. The van der Waals surface area contributed by atoms with Gasteiger partial charge in [0.15, 0.2) is 0 Å². The number of likely N-dealkylation sites (N-methyl/N-ethyl adjacent to an activating group) is 1. The van der Waals surface area contributed by atoms with Crippen LogP contribution in [0.5, 0.6) is 0 Å². The number of hydrogen-bond donors (Lipinski definition) is 0. The first-order valence-corrected chi connectivity index (χ1v) is 6.70. The Morgan fingerprint density at radius 2 is 2.21 bits per heavy atom. The van der Waals surface area contributed by atoms with E-state index in [9.17, 15) is 10.1 Å². The lowest BCUT2D eigenvalue weighted by Gasteiger charge is -2.38. The monoisotopic (exact) mass is 283 g/mol. The van der Waals surface area contributed by atoms with E-state index in [1.54, 1.807) is 12.1 Å². The van der Waals surface area contributed by atoms with Crippen molar-refractivity contribution in [2.45, 2.75) is 19.5 Å². The minimum atomic E-state index is -0.382. The Morgan fingerprint density at radius 1 is 1.47 bits per heavy atom. The number of piperazine rings is 1. The zero-order valence-corrected chi connectivity index (χ0v) is 11.9. The van der Waals surface area contributed by atoms with Crippen LogP contribution in [0, 0.1) is 10.1 Å². The molecule has 1 atom stereocenters. The third-order valence-corrected chi connectivity index (χ3v) is 3.95. The number of halogens is 1. The normalized spacial score (nSPS) is 21.5. The second-order valence-electron chi connectivity index (χ2n) is 5.11. The molecule has 1 saturated heterocycles. The Balaban J connectivity index is 2.14. The van der Waals surface area contributed by atoms with Gasteiger partial charge >= 0.3 is 0 Å². The maximum Gasteiger partial charge on any atom is 0.269 e. The maximum atomic E-state index is 10.8. The zero-order valence-electron chi connectivity index (χ0n) is 11.2. The molecular weight excluding hydrogens is 266 g/mol. The van der Waals surface area contributed by atoms with Gasteiger partial charge in [-0.25, -0.2) is 0 Å². The van der Waals surface area contributed by atoms with Gasteiger partial charge in [0.05, 0.1) is 4.92 Å². The molecule has 5 nitrogen and oxygen atoms in total. The second-order valence-corrected chi connectivity index (χ2v) is 5.52. The molecule has 6 heteroatoms. The van der Waals surface area contributed by atoms with Gasteiger partial charge in [0.1, 0.15) is 0 Å². The summed E-state index contributed by atoms with van der Waals surface area (Å²) in [6, 6.07) is 5.05. The van der Waals surface area contributed by atoms with Crippen LogP contribution in [0.15, 0.2) is 18.2 Å². The molecule has 1 heterocycles. The Bertz CT molecular complexity index is 481. The molecule has 1 fully saturated rings. The third kappa shape index (κ3) is 3.43. The minimum Gasteiger partial charge on any atom is -0.304 e. The van der Waals surface area contributed by atoms with Crippen molar-refractivity contribution < 1.29 is 4.92 Å². The SMILES string of the molecule is CC1CN(C)CCN1Cc1cc([N+](=O)[O-])ccc1Cl. The summed E-state index contributed by atoms with van der Waals surface area (Å²) >= 11 is 6.14. The van der Waals surface area contributed by atoms with Crippen LogP contribution in [0.1, 0.15) is 12.5 Å². The predicted molar refractivity (Wildman–Crippen MR) is 75.5 cm³/mol. The number of nitrogens with zero attached hydrogens (tertiary/aromatic N) is 3. The van der Waals surface area contributed by atoms with Crippen LogP contribution in [0.3, 0.4) is 0 Å². The van der Waals surface area contributed by atoms with Crippen LogP contribution < -0.4 is 0 Å². The summed E-state index contributed by atoms with van der Waals surface area (Å²) < 4.78 is 0. The first kappa shape index (κ1) is 14.2. The first-order chi connectivity index (χ1) is 8.97. The molecule has 0 radical (unpaired) electrons. The Morgan fingerprint density at radius 3 is 2.84 bits per heavy atom. The largest absolute Gasteiger partial charge is 0.304 e. The lowest BCUT2D eigenvalue weighted by atomic mass is 10.1. The topological polar surface area (TPSA) is 49.6 Å². The van der Waals surface area contributed by atoms with Crippen molar-refractivity contribution in [3.63, 3.8) is 0 Å². The molecule has 104 valence electrons. The van der Waals surface area contributed by atoms with E-state index in [0.717, 1.165) is 25.2 Å². The quantitative estimate of drug-likeness (QED) is 0.631. The van der Waals surface area contributed by atoms with E-state index in [-0.39, 0.29) is 10.6 Å². The predicted octanol–water partition coefficient (Wildman–Crippen LogP) is 2.38. The highest BCUT2D eigenvalue weighted by Crippen LogP contribution is 2.24. The van der Waals surface area contributed by atoms with Crippen molar-refractivity contribution >= 4 is 17.3 Å². The van der Waals surface area contributed by atoms with Crippen molar-refractivity contribution in [2.75, 3.05) is 26.7 Å². The van der Waals surface area contributed by atoms with Crippen LogP contribution >= 0.6 is 11.6 Å². The van der Waals surface area contributed by atoms with Gasteiger partial charge < -0.3 is 4.90 Å². The van der Waals surface area contributed by atoms with Gasteiger partial charge in [-0.3, -0.25) is 15.0 Å². The van der Waals surface area contributed by atoms with Crippen LogP contribution in [0.2, 0.25) is 5.02 Å². The molecule has 19 heavy (non-hydrogen) atoms. The lowest BCUT2D eigenvalue weighted by Crippen LogP contribution is -2.49. The smallest absolute Gasteiger partial charge is 0.269 e. The molecule has 2 rings (SSSR count). The number of nitro groups is 1. The number of rotatable bonds is 3. The van der Waals surface area contributed by atoms with Crippen molar-refractivity contribution in [1.82, 2.24) is 9.80 Å². The van der Waals surface area contributed by atoms with Crippen LogP contribution in [0.25, 0.3) is 0 Å². The van der Waals surface area contributed by atoms with E-state index >= 15 is 0 Å². The highest BCUT2D eigenvalue weighted by molar-refractivity contribution is 6.31.